The standard InChI is InChI=1S/C14H22NO4PS2/c1-14(2,3)18-13(16)15(4)10-12(19-20(17,21)22)11-8-6-5-7-9-11/h5-9,12H,10H2,1-4H3,(H2,17,21,22). The summed E-state index contributed by atoms with van der Waals surface area (Å²) >= 11 is 8.75. The van der Waals surface area contributed by atoms with Gasteiger partial charge in [-0.1, -0.05) is 42.6 Å². The molecule has 2 unspecified atom stereocenters. The monoisotopic (exact) mass is 363 g/mol. The van der Waals surface area contributed by atoms with Crippen molar-refractivity contribution < 1.29 is 18.9 Å². The zero-order chi connectivity index (χ0) is 17.0. The molecule has 124 valence electrons. The second kappa shape index (κ2) is 7.79. The second-order valence-electron chi connectivity index (χ2n) is 5.86. The van der Waals surface area contributed by atoms with Gasteiger partial charge in [0, 0.05) is 7.05 Å². The molecular formula is C14H22NO4PS2. The van der Waals surface area contributed by atoms with Gasteiger partial charge in [-0.05, 0) is 38.1 Å². The third-order valence-corrected chi connectivity index (χ3v) is 3.65. The number of likely N-dealkylation sites (N-methyl/N-ethyl adjacent to an activating group) is 1. The predicted molar refractivity (Wildman–Crippen MR) is 94.6 cm³/mol. The van der Waals surface area contributed by atoms with Gasteiger partial charge < -0.3 is 19.1 Å². The van der Waals surface area contributed by atoms with Crippen molar-refractivity contribution in [1.82, 2.24) is 4.90 Å². The molecule has 0 saturated heterocycles. The van der Waals surface area contributed by atoms with E-state index in [0.29, 0.717) is 0 Å². The van der Waals surface area contributed by atoms with Gasteiger partial charge >= 0.3 is 6.09 Å². The van der Waals surface area contributed by atoms with Gasteiger partial charge in [-0.3, -0.25) is 0 Å². The normalized spacial score (nSPS) is 15.7. The van der Waals surface area contributed by atoms with Crippen LogP contribution in [0.3, 0.4) is 0 Å². The van der Waals surface area contributed by atoms with Gasteiger partial charge in [0.15, 0.2) is 0 Å². The summed E-state index contributed by atoms with van der Waals surface area (Å²) in [7, 11) is 1.60. The van der Waals surface area contributed by atoms with Crippen LogP contribution < -0.4 is 0 Å². The maximum absolute atomic E-state index is 12.0. The zero-order valence-electron chi connectivity index (χ0n) is 13.1. The molecule has 1 aromatic rings. The van der Waals surface area contributed by atoms with Crippen molar-refractivity contribution in [3.05, 3.63) is 35.9 Å². The van der Waals surface area contributed by atoms with Gasteiger partial charge in [0.2, 0.25) is 5.69 Å². The molecule has 1 N–H and O–H groups in total. The molecule has 0 heterocycles. The molecule has 0 fully saturated rings. The number of nitrogens with zero attached hydrogens (tertiary/aromatic N) is 1. The first kappa shape index (κ1) is 19.5. The molecule has 0 saturated carbocycles. The van der Waals surface area contributed by atoms with Crippen LogP contribution in [-0.4, -0.2) is 35.1 Å². The lowest BCUT2D eigenvalue weighted by molar-refractivity contribution is 0.0228. The van der Waals surface area contributed by atoms with Crippen LogP contribution in [0.4, 0.5) is 4.79 Å². The Morgan fingerprint density at radius 2 is 1.95 bits per heavy atom. The van der Waals surface area contributed by atoms with Crippen LogP contribution in [0.5, 0.6) is 0 Å². The summed E-state index contributed by atoms with van der Waals surface area (Å²) in [5.74, 6) is 0. The van der Waals surface area contributed by atoms with Gasteiger partial charge in [-0.25, -0.2) is 4.79 Å². The fraction of sp³-hybridized carbons (Fsp3) is 0.500. The topological polar surface area (TPSA) is 59.0 Å². The molecular weight excluding hydrogens is 341 g/mol. The lowest BCUT2D eigenvalue weighted by Crippen LogP contribution is -2.36. The molecule has 1 aromatic carbocycles. The molecule has 0 aliphatic heterocycles. The third kappa shape index (κ3) is 7.61. The molecule has 5 nitrogen and oxygen atoms in total. The first-order valence-corrected chi connectivity index (χ1v) is 10.5. The fourth-order valence-corrected chi connectivity index (χ4v) is 2.87. The van der Waals surface area contributed by atoms with Gasteiger partial charge in [-0.15, -0.1) is 0 Å². The molecule has 8 heteroatoms. The molecule has 0 bridgehead atoms. The van der Waals surface area contributed by atoms with E-state index >= 15 is 0 Å². The van der Waals surface area contributed by atoms with Crippen molar-refractivity contribution in [3.63, 3.8) is 0 Å². The molecule has 0 spiro atoms. The van der Waals surface area contributed by atoms with Crippen LogP contribution in [0.25, 0.3) is 0 Å². The molecule has 0 aliphatic rings. The van der Waals surface area contributed by atoms with Gasteiger partial charge in [-0.2, -0.15) is 0 Å². The van der Waals surface area contributed by atoms with E-state index < -0.39 is 23.5 Å². The Kier molecular flexibility index (Phi) is 6.89. The molecule has 0 radical (unpaired) electrons. The van der Waals surface area contributed by atoms with Crippen molar-refractivity contribution in [2.75, 3.05) is 13.6 Å². The number of carbonyl (C=O) groups is 1. The van der Waals surface area contributed by atoms with E-state index in [1.807, 2.05) is 30.3 Å². The van der Waals surface area contributed by atoms with Gasteiger partial charge in [0.25, 0.3) is 0 Å². The highest BCUT2D eigenvalue weighted by Gasteiger charge is 2.25. The van der Waals surface area contributed by atoms with Crippen molar-refractivity contribution in [2.24, 2.45) is 0 Å². The number of hydrogen-bond acceptors (Lipinski definition) is 4. The van der Waals surface area contributed by atoms with Crippen LogP contribution in [0.1, 0.15) is 32.4 Å². The maximum atomic E-state index is 12.0. The van der Waals surface area contributed by atoms with E-state index in [0.717, 1.165) is 5.56 Å². The maximum Gasteiger partial charge on any atom is 0.410 e. The van der Waals surface area contributed by atoms with Crippen LogP contribution in [-0.2, 0) is 21.1 Å². The van der Waals surface area contributed by atoms with E-state index in [4.69, 9.17) is 21.1 Å². The fourth-order valence-electron chi connectivity index (χ4n) is 1.70. The summed E-state index contributed by atoms with van der Waals surface area (Å²) in [4.78, 5) is 23.2. The lowest BCUT2D eigenvalue weighted by atomic mass is 10.1. The first-order chi connectivity index (χ1) is 9.98. The number of rotatable bonds is 5. The van der Waals surface area contributed by atoms with Crippen molar-refractivity contribution >= 4 is 35.8 Å². The van der Waals surface area contributed by atoms with Crippen LogP contribution in [0.2, 0.25) is 0 Å². The third-order valence-electron chi connectivity index (χ3n) is 2.58. The second-order valence-corrected chi connectivity index (χ2v) is 11.0. The molecule has 0 aromatic heterocycles. The molecule has 22 heavy (non-hydrogen) atoms. The Balaban J connectivity index is 2.85. The molecule has 0 aliphatic carbocycles. The predicted octanol–water partition coefficient (Wildman–Crippen LogP) is 3.76. The zero-order valence-corrected chi connectivity index (χ0v) is 15.7. The van der Waals surface area contributed by atoms with Crippen molar-refractivity contribution in [3.8, 4) is 0 Å². The molecule has 2 atom stereocenters. The van der Waals surface area contributed by atoms with Crippen molar-refractivity contribution in [1.29, 1.82) is 0 Å². The Bertz CT molecular complexity index is 542. The molecule has 1 amide bonds. The van der Waals surface area contributed by atoms with Crippen LogP contribution >= 0.6 is 17.9 Å². The minimum Gasteiger partial charge on any atom is -0.444 e. The van der Waals surface area contributed by atoms with E-state index in [1.54, 1.807) is 27.8 Å². The smallest absolute Gasteiger partial charge is 0.410 e. The highest BCUT2D eigenvalue weighted by atomic mass is 32.9. The first-order valence-electron chi connectivity index (χ1n) is 6.71. The SMILES string of the molecule is CN(CC(OP(O)(=S)S)c1ccccc1)C(=O)OC(C)(C)C. The summed E-state index contributed by atoms with van der Waals surface area (Å²) in [6.07, 6.45) is -1.05. The lowest BCUT2D eigenvalue weighted by Gasteiger charge is -2.28. The average molecular weight is 363 g/mol. The minimum atomic E-state index is -3.17. The van der Waals surface area contributed by atoms with Crippen LogP contribution in [0.15, 0.2) is 30.3 Å². The Hall–Kier alpha value is -0.590. The largest absolute Gasteiger partial charge is 0.444 e. The summed E-state index contributed by atoms with van der Waals surface area (Å²) < 4.78 is 10.8. The summed E-state index contributed by atoms with van der Waals surface area (Å²) in [6, 6.07) is 9.24. The minimum absolute atomic E-state index is 0.193. The Morgan fingerprint density at radius 1 is 1.41 bits per heavy atom. The Morgan fingerprint density at radius 3 is 2.41 bits per heavy atom. The summed E-state index contributed by atoms with van der Waals surface area (Å²) in [5.41, 5.74) is -2.94. The summed E-state index contributed by atoms with van der Waals surface area (Å²) in [5, 5.41) is 0. The highest BCUT2D eigenvalue weighted by molar-refractivity contribution is 8.59. The quantitative estimate of drug-likeness (QED) is 0.616. The Labute approximate surface area is 141 Å². The van der Waals surface area contributed by atoms with E-state index in [1.165, 1.54) is 4.90 Å². The summed E-state index contributed by atoms with van der Waals surface area (Å²) in [6.45, 7) is 5.58. The van der Waals surface area contributed by atoms with Gasteiger partial charge in [0.05, 0.1) is 6.54 Å². The van der Waals surface area contributed by atoms with E-state index in [-0.39, 0.29) is 6.54 Å². The number of carbonyl (C=O) groups excluding carboxylic acids is 1. The average Bonchev–Trinajstić information content (AvgIpc) is 2.35. The number of benzene rings is 1. The number of ether oxygens (including phenoxy) is 1. The van der Waals surface area contributed by atoms with E-state index in [9.17, 15) is 9.69 Å². The van der Waals surface area contributed by atoms with E-state index in [2.05, 4.69) is 12.2 Å². The number of amides is 1. The number of thiol groups is 1. The van der Waals surface area contributed by atoms with Crippen molar-refractivity contribution in [2.45, 2.75) is 32.5 Å². The van der Waals surface area contributed by atoms with Gasteiger partial charge in [0.1, 0.15) is 11.7 Å². The molecule has 1 rings (SSSR count). The highest BCUT2D eigenvalue weighted by Crippen LogP contribution is 2.51. The number of hydrogen-bond donors (Lipinski definition) is 2. The van der Waals surface area contributed by atoms with Crippen LogP contribution in [0, 0.1) is 0 Å².